The molecule has 8 fully saturated rings. The van der Waals surface area contributed by atoms with Crippen molar-refractivity contribution in [3.05, 3.63) is 0 Å². The van der Waals surface area contributed by atoms with E-state index in [-0.39, 0.29) is 52.0 Å². The molecular weight excluding hydrogens is 572 g/mol. The number of ether oxygens (including phenoxy) is 4. The Bertz CT molecular complexity index is 1200. The van der Waals surface area contributed by atoms with Crippen molar-refractivity contribution in [1.29, 1.82) is 0 Å². The fourth-order valence-electron chi connectivity index (χ4n) is 13.6. The summed E-state index contributed by atoms with van der Waals surface area (Å²) in [6, 6.07) is 0.517. The van der Waals surface area contributed by atoms with E-state index in [2.05, 4.69) is 39.5 Å². The largest absolute Gasteiger partial charge is 0.390 e. The second kappa shape index (κ2) is 10.3. The normalized spacial score (nSPS) is 53.6. The minimum atomic E-state index is -0.574. The van der Waals surface area contributed by atoms with Crippen LogP contribution in [0.15, 0.2) is 0 Å². The van der Waals surface area contributed by atoms with Crippen molar-refractivity contribution in [3.63, 3.8) is 0 Å². The van der Waals surface area contributed by atoms with Crippen LogP contribution in [0.5, 0.6) is 0 Å². The lowest BCUT2D eigenvalue weighted by Gasteiger charge is -2.64. The first kappa shape index (κ1) is 31.5. The Labute approximate surface area is 269 Å². The van der Waals surface area contributed by atoms with Gasteiger partial charge in [0, 0.05) is 19.0 Å². The number of fused-ring (bicyclic) bond motifs is 4. The van der Waals surface area contributed by atoms with Gasteiger partial charge >= 0.3 is 0 Å². The number of morpholine rings is 1. The second-order valence-corrected chi connectivity index (χ2v) is 17.6. The van der Waals surface area contributed by atoms with Crippen LogP contribution in [0.25, 0.3) is 0 Å². The summed E-state index contributed by atoms with van der Waals surface area (Å²) in [6.45, 7) is 16.3. The van der Waals surface area contributed by atoms with Crippen LogP contribution in [-0.2, 0) is 28.6 Å². The average molecular weight is 631 g/mol. The molecule has 3 aliphatic heterocycles. The lowest BCUT2D eigenvalue weighted by atomic mass is 9.41. The van der Waals surface area contributed by atoms with E-state index >= 15 is 0 Å². The highest BCUT2D eigenvalue weighted by Gasteiger charge is 2.84. The second-order valence-electron chi connectivity index (χ2n) is 17.6. The minimum absolute atomic E-state index is 0.0181. The average Bonchev–Trinajstić information content (AvgIpc) is 3.62. The molecule has 9 heteroatoms. The van der Waals surface area contributed by atoms with Crippen LogP contribution in [0.3, 0.4) is 0 Å². The molecule has 5 aliphatic carbocycles. The molecule has 2 spiro atoms. The predicted molar refractivity (Wildman–Crippen MR) is 167 cm³/mol. The van der Waals surface area contributed by atoms with E-state index < -0.39 is 12.2 Å². The van der Waals surface area contributed by atoms with Crippen molar-refractivity contribution < 1.29 is 33.7 Å². The molecule has 0 aromatic rings. The fraction of sp³-hybridized carbons (Fsp3) is 0.972. The van der Waals surface area contributed by atoms with Crippen molar-refractivity contribution in [2.75, 3.05) is 47.1 Å². The number of likely N-dealkylation sites (N-methyl/N-ethyl adjacent to an activating group) is 1. The molecule has 0 aromatic carbocycles. The summed E-state index contributed by atoms with van der Waals surface area (Å²) in [4.78, 5) is 20.8. The standard InChI is InChI=1S/C36H58N2O7/c1-21-16-23(31(40)37(6)41-7)44-29-28(21)33(4)12-13-36-20-35(36)11-10-26(45-27-17-38(14-15-43-27)22-18-42-19-22)32(2,3)24(35)8-9-25(36)34(33,5)30(29)39/h21-30,39H,8-20H2,1-7H3/t21-,23?,24+,25+,26?,27+,28?,29?,30+,33-,34-,35-,36?/m1/s1. The third-order valence-electron chi connectivity index (χ3n) is 16.1. The van der Waals surface area contributed by atoms with Crippen LogP contribution in [-0.4, -0.2) is 105 Å². The fourth-order valence-corrected chi connectivity index (χ4v) is 13.6. The Balaban J connectivity index is 1.03. The van der Waals surface area contributed by atoms with Gasteiger partial charge in [-0.1, -0.05) is 34.6 Å². The first-order chi connectivity index (χ1) is 21.3. The number of hydrogen-bond donors (Lipinski definition) is 1. The van der Waals surface area contributed by atoms with E-state index in [0.29, 0.717) is 35.6 Å². The van der Waals surface area contributed by atoms with E-state index in [1.807, 2.05) is 0 Å². The Kier molecular flexibility index (Phi) is 7.23. The monoisotopic (exact) mass is 630 g/mol. The van der Waals surface area contributed by atoms with Gasteiger partial charge in [-0.3, -0.25) is 14.5 Å². The summed E-state index contributed by atoms with van der Waals surface area (Å²) in [5.74, 6) is 1.49. The van der Waals surface area contributed by atoms with Crippen LogP contribution >= 0.6 is 0 Å². The van der Waals surface area contributed by atoms with Crippen LogP contribution in [0, 0.1) is 50.7 Å². The molecule has 8 rings (SSSR count). The Morgan fingerprint density at radius 1 is 1.02 bits per heavy atom. The number of rotatable bonds is 5. The molecule has 1 amide bonds. The summed E-state index contributed by atoms with van der Waals surface area (Å²) in [5.41, 5.74) is 0.441. The highest BCUT2D eigenvalue weighted by atomic mass is 16.7. The van der Waals surface area contributed by atoms with E-state index in [9.17, 15) is 9.90 Å². The van der Waals surface area contributed by atoms with Crippen LogP contribution in [0.4, 0.5) is 0 Å². The van der Waals surface area contributed by atoms with Gasteiger partial charge in [0.15, 0.2) is 6.29 Å². The highest BCUT2D eigenvalue weighted by molar-refractivity contribution is 5.79. The van der Waals surface area contributed by atoms with Gasteiger partial charge in [0.25, 0.3) is 5.91 Å². The van der Waals surface area contributed by atoms with E-state index in [1.165, 1.54) is 37.9 Å². The first-order valence-corrected chi connectivity index (χ1v) is 18.1. The summed E-state index contributed by atoms with van der Waals surface area (Å²) in [6.07, 6.45) is 7.61. The van der Waals surface area contributed by atoms with Crippen LogP contribution in [0.2, 0.25) is 0 Å². The number of hydrogen-bond acceptors (Lipinski definition) is 8. The van der Waals surface area contributed by atoms with Gasteiger partial charge in [0.1, 0.15) is 6.10 Å². The molecular formula is C36H58N2O7. The zero-order valence-electron chi connectivity index (χ0n) is 28.8. The first-order valence-electron chi connectivity index (χ1n) is 18.1. The summed E-state index contributed by atoms with van der Waals surface area (Å²) >= 11 is 0. The number of hydroxylamine groups is 2. The highest BCUT2D eigenvalue weighted by Crippen LogP contribution is 2.89. The smallest absolute Gasteiger partial charge is 0.274 e. The van der Waals surface area contributed by atoms with Gasteiger partial charge in [0.05, 0.1) is 57.8 Å². The van der Waals surface area contributed by atoms with Crippen molar-refractivity contribution >= 4 is 5.91 Å². The number of aliphatic hydroxyl groups excluding tert-OH is 1. The lowest BCUT2D eigenvalue weighted by Crippen LogP contribution is -2.60. The maximum Gasteiger partial charge on any atom is 0.274 e. The van der Waals surface area contributed by atoms with Gasteiger partial charge in [-0.25, -0.2) is 5.06 Å². The quantitative estimate of drug-likeness (QED) is 0.451. The molecule has 3 saturated heterocycles. The van der Waals surface area contributed by atoms with Crippen molar-refractivity contribution in [1.82, 2.24) is 9.96 Å². The molecule has 9 nitrogen and oxygen atoms in total. The predicted octanol–water partition coefficient (Wildman–Crippen LogP) is 4.26. The molecule has 13 atom stereocenters. The molecule has 8 aliphatic rings. The molecule has 254 valence electrons. The summed E-state index contributed by atoms with van der Waals surface area (Å²) in [5, 5.41) is 13.7. The van der Waals surface area contributed by atoms with Crippen molar-refractivity contribution in [2.45, 2.75) is 123 Å². The molecule has 1 N–H and O–H groups in total. The van der Waals surface area contributed by atoms with Crippen LogP contribution < -0.4 is 0 Å². The molecule has 5 saturated carbocycles. The summed E-state index contributed by atoms with van der Waals surface area (Å²) < 4.78 is 25.2. The SMILES string of the molecule is CON(C)C(=O)C1C[C@@H](C)C2C(O1)[C@H](O)[C@@]1(C)[C@@H]3CC[C@H]4C(C)(C)C(O[C@H]5CN(C6COC6)CCO5)CC[C@@]45CC35CC[C@]21C. The van der Waals surface area contributed by atoms with E-state index in [0.717, 1.165) is 52.2 Å². The molecule has 0 bridgehead atoms. The van der Waals surface area contributed by atoms with Gasteiger partial charge in [-0.15, -0.1) is 0 Å². The van der Waals surface area contributed by atoms with E-state index in [4.69, 9.17) is 23.8 Å². The molecule has 45 heavy (non-hydrogen) atoms. The number of carbonyl (C=O) groups excluding carboxylic acids is 1. The molecule has 5 unspecified atom stereocenters. The number of amides is 1. The number of carbonyl (C=O) groups is 1. The lowest BCUT2D eigenvalue weighted by molar-refractivity contribution is -0.256. The van der Waals surface area contributed by atoms with Gasteiger partial charge in [-0.2, -0.15) is 0 Å². The van der Waals surface area contributed by atoms with E-state index in [1.54, 1.807) is 7.05 Å². The van der Waals surface area contributed by atoms with Gasteiger partial charge in [0.2, 0.25) is 0 Å². The van der Waals surface area contributed by atoms with Crippen molar-refractivity contribution in [3.8, 4) is 0 Å². The number of aliphatic hydroxyl groups is 1. The number of nitrogens with zero attached hydrogens (tertiary/aromatic N) is 2. The maximum absolute atomic E-state index is 13.1. The molecule has 0 aromatic heterocycles. The maximum atomic E-state index is 13.1. The third kappa shape index (κ3) is 4.01. The Morgan fingerprint density at radius 2 is 1.76 bits per heavy atom. The topological polar surface area (TPSA) is 89.9 Å². The van der Waals surface area contributed by atoms with Crippen molar-refractivity contribution in [2.24, 2.45) is 50.7 Å². The minimum Gasteiger partial charge on any atom is -0.390 e. The van der Waals surface area contributed by atoms with Gasteiger partial charge < -0.3 is 24.1 Å². The Morgan fingerprint density at radius 3 is 2.47 bits per heavy atom. The molecule has 3 heterocycles. The summed E-state index contributed by atoms with van der Waals surface area (Å²) in [7, 11) is 3.16. The van der Waals surface area contributed by atoms with Gasteiger partial charge in [-0.05, 0) is 96.7 Å². The third-order valence-corrected chi connectivity index (χ3v) is 16.1. The Hall–Kier alpha value is -0.810. The molecule has 0 radical (unpaired) electrons. The zero-order valence-corrected chi connectivity index (χ0v) is 28.8. The van der Waals surface area contributed by atoms with Crippen LogP contribution in [0.1, 0.15) is 86.0 Å². The zero-order chi connectivity index (χ0) is 31.7.